The van der Waals surface area contributed by atoms with E-state index in [0.717, 1.165) is 0 Å². The van der Waals surface area contributed by atoms with E-state index in [0.29, 0.717) is 17.6 Å². The molecule has 0 aromatic carbocycles. The zero-order valence-corrected chi connectivity index (χ0v) is 12.1. The molecule has 0 bridgehead atoms. The van der Waals surface area contributed by atoms with Crippen molar-refractivity contribution in [3.8, 4) is 0 Å². The topological polar surface area (TPSA) is 66.4 Å². The summed E-state index contributed by atoms with van der Waals surface area (Å²) in [6.07, 6.45) is -0.386. The van der Waals surface area contributed by atoms with E-state index in [9.17, 15) is 14.7 Å². The molecule has 0 heterocycles. The van der Waals surface area contributed by atoms with Crippen LogP contribution >= 0.6 is 0 Å². The van der Waals surface area contributed by atoms with Crippen LogP contribution in [0, 0.1) is 0 Å². The van der Waals surface area contributed by atoms with Gasteiger partial charge in [-0.3, -0.25) is 4.79 Å². The van der Waals surface area contributed by atoms with E-state index >= 15 is 0 Å². The molecule has 5 nitrogen and oxygen atoms in total. The quantitative estimate of drug-likeness (QED) is 0.392. The highest BCUT2D eigenvalue weighted by Crippen LogP contribution is 1.94. The standard InChI is InChI=1S/C9H17NO4.C4H8/c1-10(2,3)6-7-14-9(13)5-4-8(11)12;1-4(2)3/h4-7H2,1-3H3;1H2,2-3H3. The Bertz CT molecular complexity index is 275. The molecule has 5 heteroatoms. The number of rotatable bonds is 6. The van der Waals surface area contributed by atoms with E-state index in [1.807, 2.05) is 35.0 Å². The first-order valence-electron chi connectivity index (χ1n) is 5.82. The summed E-state index contributed by atoms with van der Waals surface area (Å²) in [4.78, 5) is 20.9. The van der Waals surface area contributed by atoms with Gasteiger partial charge in [-0.2, -0.15) is 0 Å². The lowest BCUT2D eigenvalue weighted by Gasteiger charge is -2.23. The molecular formula is C13H25NO4. The van der Waals surface area contributed by atoms with Gasteiger partial charge in [-0.15, -0.1) is 6.58 Å². The molecule has 0 amide bonds. The predicted octanol–water partition coefficient (Wildman–Crippen LogP) is 0.348. The number of carboxylic acids is 1. The maximum Gasteiger partial charge on any atom is 0.306 e. The van der Waals surface area contributed by atoms with Crippen molar-refractivity contribution in [3.63, 3.8) is 0 Å². The first-order valence-corrected chi connectivity index (χ1v) is 5.82. The van der Waals surface area contributed by atoms with Crippen LogP contribution in [-0.4, -0.2) is 50.7 Å². The van der Waals surface area contributed by atoms with Gasteiger partial charge in [-0.25, -0.2) is 0 Å². The Hall–Kier alpha value is -1.36. The second-order valence-electron chi connectivity index (χ2n) is 5.31. The number of ether oxygens (including phenoxy) is 1. The van der Waals surface area contributed by atoms with E-state index in [1.54, 1.807) is 0 Å². The van der Waals surface area contributed by atoms with E-state index in [2.05, 4.69) is 6.58 Å². The minimum absolute atomic E-state index is 0.112. The molecule has 0 aliphatic heterocycles. The highest BCUT2D eigenvalue weighted by molar-refractivity contribution is 5.75. The van der Waals surface area contributed by atoms with Crippen molar-refractivity contribution < 1.29 is 23.9 Å². The monoisotopic (exact) mass is 259 g/mol. The highest BCUT2D eigenvalue weighted by atomic mass is 16.5. The fourth-order valence-electron chi connectivity index (χ4n) is 0.710. The summed E-state index contributed by atoms with van der Waals surface area (Å²) >= 11 is 0. The number of carboxylic acid groups (broad SMARTS) is 1. The number of hydrogen-bond donors (Lipinski definition) is 0. The lowest BCUT2D eigenvalue weighted by atomic mass is 10.3. The summed E-state index contributed by atoms with van der Waals surface area (Å²) in [6, 6.07) is 0. The van der Waals surface area contributed by atoms with Crippen molar-refractivity contribution in [1.29, 1.82) is 0 Å². The maximum absolute atomic E-state index is 10.9. The predicted molar refractivity (Wildman–Crippen MR) is 68.6 cm³/mol. The van der Waals surface area contributed by atoms with Gasteiger partial charge in [0.1, 0.15) is 13.2 Å². The fraction of sp³-hybridized carbons (Fsp3) is 0.692. The van der Waals surface area contributed by atoms with Gasteiger partial charge >= 0.3 is 5.97 Å². The number of allylic oxidation sites excluding steroid dienone is 1. The number of carbonyl (C=O) groups is 2. The molecule has 0 radical (unpaired) electrons. The summed E-state index contributed by atoms with van der Waals surface area (Å²) in [7, 11) is 5.94. The Morgan fingerprint density at radius 2 is 1.61 bits per heavy atom. The van der Waals surface area contributed by atoms with Gasteiger partial charge in [0.2, 0.25) is 0 Å². The van der Waals surface area contributed by atoms with E-state index in [1.165, 1.54) is 5.57 Å². The number of likely N-dealkylation sites (N-methyl/N-ethyl adjacent to an activating group) is 1. The molecule has 0 aliphatic rings. The van der Waals surface area contributed by atoms with Crippen molar-refractivity contribution in [1.82, 2.24) is 0 Å². The van der Waals surface area contributed by atoms with Gasteiger partial charge in [0.25, 0.3) is 0 Å². The number of quaternary nitrogens is 1. The Balaban J connectivity index is 0. The summed E-state index contributed by atoms with van der Waals surface area (Å²) in [5.41, 5.74) is 1.17. The second-order valence-corrected chi connectivity index (χ2v) is 5.31. The number of nitrogens with zero attached hydrogens (tertiary/aromatic N) is 1. The molecule has 0 rings (SSSR count). The van der Waals surface area contributed by atoms with E-state index < -0.39 is 11.9 Å². The molecule has 0 N–H and O–H groups in total. The van der Waals surface area contributed by atoms with Crippen molar-refractivity contribution in [2.75, 3.05) is 34.3 Å². The number of carbonyl (C=O) groups excluding carboxylic acids is 2. The average molecular weight is 259 g/mol. The summed E-state index contributed by atoms with van der Waals surface area (Å²) in [5.74, 6) is -1.71. The molecule has 0 saturated heterocycles. The zero-order chi connectivity index (χ0) is 14.8. The van der Waals surface area contributed by atoms with Gasteiger partial charge in [-0.05, 0) is 20.3 Å². The molecule has 18 heavy (non-hydrogen) atoms. The van der Waals surface area contributed by atoms with Gasteiger partial charge in [0.05, 0.1) is 27.6 Å². The molecule has 0 unspecified atom stereocenters. The number of aliphatic carboxylic acids is 1. The molecule has 0 aromatic heterocycles. The first-order chi connectivity index (χ1) is 8.04. The van der Waals surface area contributed by atoms with Crippen LogP contribution in [0.15, 0.2) is 12.2 Å². The van der Waals surface area contributed by atoms with Gasteiger partial charge < -0.3 is 19.1 Å². The van der Waals surface area contributed by atoms with Crippen molar-refractivity contribution in [3.05, 3.63) is 12.2 Å². The zero-order valence-electron chi connectivity index (χ0n) is 12.1. The van der Waals surface area contributed by atoms with Crippen LogP contribution in [-0.2, 0) is 14.3 Å². The summed E-state index contributed by atoms with van der Waals surface area (Å²) in [5, 5.41) is 10.0. The molecule has 0 spiro atoms. The van der Waals surface area contributed by atoms with Crippen LogP contribution in [0.2, 0.25) is 0 Å². The Kier molecular flexibility index (Phi) is 10.2. The fourth-order valence-corrected chi connectivity index (χ4v) is 0.710. The molecule has 0 atom stereocenters. The van der Waals surface area contributed by atoms with Crippen LogP contribution in [0.25, 0.3) is 0 Å². The van der Waals surface area contributed by atoms with Crippen LogP contribution in [0.3, 0.4) is 0 Å². The molecule has 0 aromatic rings. The molecule has 0 fully saturated rings. The van der Waals surface area contributed by atoms with Crippen LogP contribution in [0.5, 0.6) is 0 Å². The van der Waals surface area contributed by atoms with Crippen molar-refractivity contribution in [2.45, 2.75) is 26.7 Å². The molecular weight excluding hydrogens is 234 g/mol. The number of esters is 1. The SMILES string of the molecule is C=C(C)C.C[N+](C)(C)CCOC(=O)CCC(=O)[O-]. The van der Waals surface area contributed by atoms with Gasteiger partial charge in [0.15, 0.2) is 0 Å². The first kappa shape index (κ1) is 19.0. The third kappa shape index (κ3) is 24.1. The normalized spacial score (nSPS) is 10.1. The lowest BCUT2D eigenvalue weighted by Crippen LogP contribution is -2.38. The minimum atomic E-state index is -1.23. The Morgan fingerprint density at radius 1 is 1.17 bits per heavy atom. The Labute approximate surface area is 110 Å². The smallest absolute Gasteiger partial charge is 0.306 e. The Morgan fingerprint density at radius 3 is 1.94 bits per heavy atom. The molecule has 106 valence electrons. The van der Waals surface area contributed by atoms with E-state index in [-0.39, 0.29) is 12.8 Å². The summed E-state index contributed by atoms with van der Waals surface area (Å²) in [6.45, 7) is 8.52. The van der Waals surface area contributed by atoms with Crippen molar-refractivity contribution in [2.24, 2.45) is 0 Å². The second kappa shape index (κ2) is 9.65. The number of hydrogen-bond acceptors (Lipinski definition) is 4. The minimum Gasteiger partial charge on any atom is -0.550 e. The lowest BCUT2D eigenvalue weighted by molar-refractivity contribution is -0.870. The van der Waals surface area contributed by atoms with Crippen LogP contribution in [0.1, 0.15) is 26.7 Å². The van der Waals surface area contributed by atoms with Gasteiger partial charge in [-0.1, -0.05) is 5.57 Å². The van der Waals surface area contributed by atoms with Gasteiger partial charge in [0, 0.05) is 5.97 Å². The molecule has 0 aliphatic carbocycles. The van der Waals surface area contributed by atoms with Crippen LogP contribution in [0.4, 0.5) is 0 Å². The average Bonchev–Trinajstić information content (AvgIpc) is 2.11. The molecule has 0 saturated carbocycles. The van der Waals surface area contributed by atoms with E-state index in [4.69, 9.17) is 4.74 Å². The summed E-state index contributed by atoms with van der Waals surface area (Å²) < 4.78 is 5.52. The highest BCUT2D eigenvalue weighted by Gasteiger charge is 2.08. The maximum atomic E-state index is 10.9. The third-order valence-corrected chi connectivity index (χ3v) is 1.56. The largest absolute Gasteiger partial charge is 0.550 e. The van der Waals surface area contributed by atoms with Crippen LogP contribution < -0.4 is 5.11 Å². The third-order valence-electron chi connectivity index (χ3n) is 1.56. The van der Waals surface area contributed by atoms with Crippen molar-refractivity contribution >= 4 is 11.9 Å².